The first-order valence-corrected chi connectivity index (χ1v) is 10.7. The summed E-state index contributed by atoms with van der Waals surface area (Å²) in [4.78, 5) is 14.3. The van der Waals surface area contributed by atoms with Crippen LogP contribution in [0, 0.1) is 0 Å². The van der Waals surface area contributed by atoms with Gasteiger partial charge in [-0.2, -0.15) is 8.42 Å². The zero-order valence-corrected chi connectivity index (χ0v) is 17.9. The number of urea groups is 1. The predicted octanol–water partition coefficient (Wildman–Crippen LogP) is 4.17. The normalized spacial score (nSPS) is 11.9. The Bertz CT molecular complexity index is 905. The summed E-state index contributed by atoms with van der Waals surface area (Å²) in [5.74, 6) is 0.560. The van der Waals surface area contributed by atoms with Gasteiger partial charge >= 0.3 is 16.1 Å². The van der Waals surface area contributed by atoms with Gasteiger partial charge in [0, 0.05) is 16.1 Å². The van der Waals surface area contributed by atoms with Crippen LogP contribution in [0.4, 0.5) is 4.79 Å². The number of amides is 2. The van der Waals surface area contributed by atoms with Crippen molar-refractivity contribution >= 4 is 27.8 Å². The Balaban J connectivity index is 2.34. The summed E-state index contributed by atoms with van der Waals surface area (Å²) < 4.78 is 34.4. The molecule has 0 spiro atoms. The molecule has 0 bridgehead atoms. The molecular weight excluding hydrogens is 404 g/mol. The summed E-state index contributed by atoms with van der Waals surface area (Å²) in [5.41, 5.74) is 0.0256. The summed E-state index contributed by atoms with van der Waals surface area (Å²) in [7, 11) is -3.72. The highest BCUT2D eigenvalue weighted by Crippen LogP contribution is 2.26. The molecule has 2 rings (SSSR count). The number of carbonyl (C=O) groups excluding carboxylic acids is 1. The summed E-state index contributed by atoms with van der Waals surface area (Å²) in [5, 5.41) is 3.31. The number of halogens is 1. The van der Waals surface area contributed by atoms with Crippen LogP contribution in [-0.4, -0.2) is 30.6 Å². The second kappa shape index (κ2) is 8.87. The van der Waals surface area contributed by atoms with Gasteiger partial charge in [0.15, 0.2) is 0 Å². The van der Waals surface area contributed by atoms with Gasteiger partial charge in [-0.15, -0.1) is 0 Å². The lowest BCUT2D eigenvalue weighted by Gasteiger charge is -2.28. The number of carbonyl (C=O) groups is 1. The zero-order valence-electron chi connectivity index (χ0n) is 16.4. The first-order valence-electron chi connectivity index (χ1n) is 8.79. The first kappa shape index (κ1) is 22.1. The van der Waals surface area contributed by atoms with Crippen molar-refractivity contribution in [3.8, 4) is 5.75 Å². The maximum atomic E-state index is 12.8. The van der Waals surface area contributed by atoms with Gasteiger partial charge in [0.1, 0.15) is 11.5 Å². The quantitative estimate of drug-likeness (QED) is 0.668. The van der Waals surface area contributed by atoms with Gasteiger partial charge < -0.3 is 18.8 Å². The van der Waals surface area contributed by atoms with Gasteiger partial charge in [-0.3, -0.25) is 0 Å². The molecule has 2 amide bonds. The van der Waals surface area contributed by atoms with E-state index in [1.54, 1.807) is 18.2 Å². The summed E-state index contributed by atoms with van der Waals surface area (Å²) in [6, 6.07) is 7.77. The van der Waals surface area contributed by atoms with Gasteiger partial charge in [0.25, 0.3) is 0 Å². The van der Waals surface area contributed by atoms with E-state index in [-0.39, 0.29) is 30.6 Å². The molecule has 0 aliphatic rings. The minimum Gasteiger partial charge on any atom is -0.467 e. The van der Waals surface area contributed by atoms with E-state index in [0.717, 1.165) is 0 Å². The molecule has 0 atom stereocenters. The molecule has 2 aromatic rings. The maximum absolute atomic E-state index is 12.8. The highest BCUT2D eigenvalue weighted by Gasteiger charge is 2.23. The predicted molar refractivity (Wildman–Crippen MR) is 108 cm³/mol. The van der Waals surface area contributed by atoms with E-state index in [0.29, 0.717) is 16.3 Å². The number of hydrogen-bond donors (Lipinski definition) is 1. The molecule has 0 unspecified atom stereocenters. The average Bonchev–Trinajstić information content (AvgIpc) is 3.08. The van der Waals surface area contributed by atoms with E-state index >= 15 is 0 Å². The third-order valence-electron chi connectivity index (χ3n) is 3.65. The second-order valence-electron chi connectivity index (χ2n) is 7.30. The molecule has 0 fully saturated rings. The summed E-state index contributed by atoms with van der Waals surface area (Å²) in [6.07, 6.45) is 1.52. The SMILES string of the molecule is CCS(=O)(=O)Oc1ccc(Cl)cc1CN(Cc1ccco1)C(=O)NC(C)(C)C. The second-order valence-corrected chi connectivity index (χ2v) is 9.59. The molecule has 1 heterocycles. The van der Waals surface area contributed by atoms with Crippen molar-refractivity contribution in [3.05, 3.63) is 52.9 Å². The Morgan fingerprint density at radius 3 is 2.54 bits per heavy atom. The smallest absolute Gasteiger partial charge is 0.318 e. The number of benzene rings is 1. The molecule has 1 aromatic carbocycles. The van der Waals surface area contributed by atoms with Crippen LogP contribution in [-0.2, 0) is 23.2 Å². The van der Waals surface area contributed by atoms with Crippen molar-refractivity contribution in [2.24, 2.45) is 0 Å². The minimum atomic E-state index is -3.72. The Kier molecular flexibility index (Phi) is 7.01. The molecule has 7 nitrogen and oxygen atoms in total. The Labute approximate surface area is 170 Å². The van der Waals surface area contributed by atoms with Crippen molar-refractivity contribution in [1.82, 2.24) is 10.2 Å². The topological polar surface area (TPSA) is 88.9 Å². The summed E-state index contributed by atoms with van der Waals surface area (Å²) >= 11 is 6.09. The third-order valence-corrected chi connectivity index (χ3v) is 5.03. The number of furan rings is 1. The number of rotatable bonds is 7. The van der Waals surface area contributed by atoms with Crippen LogP contribution in [0.25, 0.3) is 0 Å². The van der Waals surface area contributed by atoms with Gasteiger partial charge in [0.05, 0.1) is 25.1 Å². The lowest BCUT2D eigenvalue weighted by Crippen LogP contribution is -2.48. The maximum Gasteiger partial charge on any atom is 0.318 e. The van der Waals surface area contributed by atoms with Crippen LogP contribution in [0.1, 0.15) is 39.0 Å². The van der Waals surface area contributed by atoms with Crippen LogP contribution in [0.3, 0.4) is 0 Å². The fourth-order valence-electron chi connectivity index (χ4n) is 2.34. The largest absolute Gasteiger partial charge is 0.467 e. The fraction of sp³-hybridized carbons (Fsp3) is 0.421. The molecular formula is C19H25ClN2O5S. The molecule has 9 heteroatoms. The molecule has 1 aromatic heterocycles. The fourth-order valence-corrected chi connectivity index (χ4v) is 3.09. The van der Waals surface area contributed by atoms with Crippen molar-refractivity contribution in [2.75, 3.05) is 5.75 Å². The molecule has 0 radical (unpaired) electrons. The van der Waals surface area contributed by atoms with Crippen LogP contribution in [0.15, 0.2) is 41.0 Å². The molecule has 0 aliphatic carbocycles. The molecule has 0 saturated heterocycles. The zero-order chi connectivity index (χ0) is 20.9. The lowest BCUT2D eigenvalue weighted by atomic mass is 10.1. The van der Waals surface area contributed by atoms with Gasteiger partial charge in [-0.1, -0.05) is 11.6 Å². The Morgan fingerprint density at radius 2 is 1.96 bits per heavy atom. The highest BCUT2D eigenvalue weighted by atomic mass is 35.5. The number of nitrogens with zero attached hydrogens (tertiary/aromatic N) is 1. The Morgan fingerprint density at radius 1 is 1.25 bits per heavy atom. The molecule has 28 heavy (non-hydrogen) atoms. The molecule has 1 N–H and O–H groups in total. The minimum absolute atomic E-state index is 0.0811. The van der Waals surface area contributed by atoms with Gasteiger partial charge in [-0.05, 0) is 58.0 Å². The van der Waals surface area contributed by atoms with Crippen LogP contribution in [0.5, 0.6) is 5.75 Å². The standard InChI is InChI=1S/C19H25ClN2O5S/c1-5-28(24,25)27-17-9-8-15(20)11-14(17)12-22(13-16-7-6-10-26-16)18(23)21-19(2,3)4/h6-11H,5,12-13H2,1-4H3,(H,21,23). The van der Waals surface area contributed by atoms with Gasteiger partial charge in [-0.25, -0.2) is 4.79 Å². The van der Waals surface area contributed by atoms with Crippen LogP contribution < -0.4 is 9.50 Å². The Hall–Kier alpha value is -2.19. The molecule has 0 aliphatic heterocycles. The monoisotopic (exact) mass is 428 g/mol. The van der Waals surface area contributed by atoms with E-state index in [1.165, 1.54) is 30.2 Å². The van der Waals surface area contributed by atoms with Crippen molar-refractivity contribution in [2.45, 2.75) is 46.3 Å². The van der Waals surface area contributed by atoms with E-state index in [9.17, 15) is 13.2 Å². The number of hydrogen-bond acceptors (Lipinski definition) is 5. The van der Waals surface area contributed by atoms with Crippen molar-refractivity contribution in [3.63, 3.8) is 0 Å². The first-order chi connectivity index (χ1) is 13.0. The van der Waals surface area contributed by atoms with E-state index in [1.807, 2.05) is 20.8 Å². The van der Waals surface area contributed by atoms with Crippen molar-refractivity contribution < 1.29 is 21.8 Å². The van der Waals surface area contributed by atoms with E-state index < -0.39 is 15.7 Å². The number of nitrogens with one attached hydrogen (secondary N) is 1. The molecule has 154 valence electrons. The van der Waals surface area contributed by atoms with Crippen LogP contribution >= 0.6 is 11.6 Å². The van der Waals surface area contributed by atoms with E-state index in [2.05, 4.69) is 5.32 Å². The lowest BCUT2D eigenvalue weighted by molar-refractivity contribution is 0.178. The summed E-state index contributed by atoms with van der Waals surface area (Å²) in [6.45, 7) is 7.39. The van der Waals surface area contributed by atoms with Crippen molar-refractivity contribution in [1.29, 1.82) is 0 Å². The third kappa shape index (κ3) is 6.76. The van der Waals surface area contributed by atoms with Crippen LogP contribution in [0.2, 0.25) is 5.02 Å². The average molecular weight is 429 g/mol. The molecule has 0 saturated carbocycles. The van der Waals surface area contributed by atoms with Gasteiger partial charge in [0.2, 0.25) is 0 Å². The highest BCUT2D eigenvalue weighted by molar-refractivity contribution is 7.87. The van der Waals surface area contributed by atoms with E-state index in [4.69, 9.17) is 20.2 Å².